The second-order valence-electron chi connectivity index (χ2n) is 16.5. The minimum atomic E-state index is -1.61. The van der Waals surface area contributed by atoms with E-state index in [1.165, 1.54) is 9.80 Å². The summed E-state index contributed by atoms with van der Waals surface area (Å²) in [6.45, 7) is -1.37. The molecular formula is C41H72N14O13. The van der Waals surface area contributed by atoms with E-state index in [-0.39, 0.29) is 64.8 Å². The van der Waals surface area contributed by atoms with E-state index in [2.05, 4.69) is 37.2 Å². The molecule has 0 bridgehead atoms. The molecule has 2 saturated heterocycles. The summed E-state index contributed by atoms with van der Waals surface area (Å²) < 4.78 is 0. The van der Waals surface area contributed by atoms with Crippen LogP contribution in [0.5, 0.6) is 0 Å². The zero-order valence-corrected chi connectivity index (χ0v) is 38.5. The first-order chi connectivity index (χ1) is 32.4. The van der Waals surface area contributed by atoms with Crippen molar-refractivity contribution in [2.75, 3.05) is 59.0 Å². The number of nitrogens with one attached hydrogen (secondary N) is 7. The van der Waals surface area contributed by atoms with Crippen LogP contribution in [-0.2, 0) is 52.7 Å². The summed E-state index contributed by atoms with van der Waals surface area (Å²) in [6, 6.07) is -9.15. The molecule has 68 heavy (non-hydrogen) atoms. The Bertz CT molecular complexity index is 1760. The fraction of sp³-hybridized carbons (Fsp3) is 0.732. The van der Waals surface area contributed by atoms with Gasteiger partial charge in [0.1, 0.15) is 42.3 Å². The van der Waals surface area contributed by atoms with Crippen LogP contribution in [0.3, 0.4) is 0 Å². The smallest absolute Gasteiger partial charge is 0.326 e. The van der Waals surface area contributed by atoms with E-state index < -0.39 is 133 Å². The van der Waals surface area contributed by atoms with E-state index in [1.54, 1.807) is 0 Å². The number of hydrogen-bond donors (Lipinski definition) is 14. The number of aliphatic carboxylic acids is 1. The van der Waals surface area contributed by atoms with Gasteiger partial charge >= 0.3 is 5.97 Å². The Morgan fingerprint density at radius 1 is 0.529 bits per heavy atom. The van der Waals surface area contributed by atoms with Gasteiger partial charge in [0.05, 0.1) is 32.7 Å². The predicted molar refractivity (Wildman–Crippen MR) is 241 cm³/mol. The minimum absolute atomic E-state index is 0.0180. The number of rotatable bonds is 32. The Morgan fingerprint density at radius 2 is 0.956 bits per heavy atom. The maximum Gasteiger partial charge on any atom is 0.326 e. The highest BCUT2D eigenvalue weighted by Gasteiger charge is 2.42. The fourth-order valence-electron chi connectivity index (χ4n) is 7.68. The predicted octanol–water partition coefficient (Wildman–Crippen LogP) is -7.08. The summed E-state index contributed by atoms with van der Waals surface area (Å²) >= 11 is 0. The number of carboxylic acids is 1. The first-order valence-corrected chi connectivity index (χ1v) is 23.0. The van der Waals surface area contributed by atoms with Crippen molar-refractivity contribution in [2.24, 2.45) is 28.7 Å². The standard InChI is InChI=1S/C41H72N14O13/c42-14-4-1-9-24(50-35(61)27(19-31(46)57)49-34(60)22-48-33(59)21-47-32(58)20-45)39(65)55-18-8-13-30(55)38(64)53-28(23-56)36(62)51-25(10-2-5-15-43)40(66)54-17-7-12-29(54)37(63)52-26(41(67)68)11-3-6-16-44/h24-30,56H,1-23,42-45H2,(H2,46,57)(H,47,58)(H,48,59)(H,49,60)(H,50,61)(H,51,62)(H,52,63)(H,53,64)(H,67,68)/t24-,25-,26-,27-,28-,29-,30-/m0/s1. The van der Waals surface area contributed by atoms with Crippen molar-refractivity contribution >= 4 is 65.0 Å². The second kappa shape index (κ2) is 31.1. The molecule has 27 nitrogen and oxygen atoms in total. The van der Waals surface area contributed by atoms with Crippen molar-refractivity contribution in [1.29, 1.82) is 0 Å². The number of carboxylic acid groups (broad SMARTS) is 1. The third kappa shape index (κ3) is 19.7. The number of aliphatic hydroxyl groups is 1. The van der Waals surface area contributed by atoms with Gasteiger partial charge in [0.15, 0.2) is 0 Å². The maximum absolute atomic E-state index is 14.1. The number of carbonyl (C=O) groups excluding carboxylic acids is 10. The van der Waals surface area contributed by atoms with Crippen molar-refractivity contribution < 1.29 is 63.0 Å². The Balaban J connectivity index is 2.21. The average molecular weight is 969 g/mol. The van der Waals surface area contributed by atoms with E-state index >= 15 is 0 Å². The molecule has 7 atom stereocenters. The van der Waals surface area contributed by atoms with Crippen LogP contribution in [0.4, 0.5) is 0 Å². The van der Waals surface area contributed by atoms with Crippen molar-refractivity contribution in [3.63, 3.8) is 0 Å². The van der Waals surface area contributed by atoms with E-state index in [0.29, 0.717) is 57.9 Å². The van der Waals surface area contributed by atoms with Crippen LogP contribution < -0.4 is 65.9 Å². The normalized spacial score (nSPS) is 17.7. The van der Waals surface area contributed by atoms with Gasteiger partial charge in [0.2, 0.25) is 59.1 Å². The van der Waals surface area contributed by atoms with E-state index in [1.807, 2.05) is 0 Å². The van der Waals surface area contributed by atoms with Crippen LogP contribution in [0.2, 0.25) is 0 Å². The Kier molecular flexibility index (Phi) is 26.6. The molecule has 0 saturated carbocycles. The quantitative estimate of drug-likeness (QED) is 0.0279. The minimum Gasteiger partial charge on any atom is -0.480 e. The lowest BCUT2D eigenvalue weighted by Crippen LogP contribution is -2.60. The van der Waals surface area contributed by atoms with Gasteiger partial charge in [0.25, 0.3) is 0 Å². The van der Waals surface area contributed by atoms with Gasteiger partial charge in [-0.2, -0.15) is 0 Å². The summed E-state index contributed by atoms with van der Waals surface area (Å²) in [6.07, 6.45) is 3.28. The molecule has 19 N–H and O–H groups in total. The number of nitrogens with two attached hydrogens (primary N) is 5. The molecule has 384 valence electrons. The van der Waals surface area contributed by atoms with Gasteiger partial charge in [-0.05, 0) is 103 Å². The molecule has 2 aliphatic rings. The summed E-state index contributed by atoms with van der Waals surface area (Å²) in [4.78, 5) is 145. The van der Waals surface area contributed by atoms with Crippen LogP contribution in [0.25, 0.3) is 0 Å². The van der Waals surface area contributed by atoms with Gasteiger partial charge in [0, 0.05) is 13.1 Å². The lowest BCUT2D eigenvalue weighted by atomic mass is 10.0. The monoisotopic (exact) mass is 969 g/mol. The molecule has 0 aromatic carbocycles. The maximum atomic E-state index is 14.1. The molecule has 0 spiro atoms. The largest absolute Gasteiger partial charge is 0.480 e. The first-order valence-electron chi connectivity index (χ1n) is 23.0. The molecule has 10 amide bonds. The van der Waals surface area contributed by atoms with Gasteiger partial charge < -0.3 is 85.9 Å². The van der Waals surface area contributed by atoms with E-state index in [9.17, 15) is 63.0 Å². The molecule has 2 rings (SSSR count). The van der Waals surface area contributed by atoms with Crippen LogP contribution >= 0.6 is 0 Å². The Labute approximate surface area is 394 Å². The van der Waals surface area contributed by atoms with Crippen molar-refractivity contribution in [1.82, 2.24) is 47.0 Å². The first kappa shape index (κ1) is 58.1. The molecule has 2 heterocycles. The lowest BCUT2D eigenvalue weighted by Gasteiger charge is -2.31. The summed E-state index contributed by atoms with van der Waals surface area (Å²) in [5, 5.41) is 36.8. The van der Waals surface area contributed by atoms with Crippen LogP contribution in [-0.4, -0.2) is 186 Å². The van der Waals surface area contributed by atoms with Crippen LogP contribution in [0, 0.1) is 0 Å². The third-order valence-corrected chi connectivity index (χ3v) is 11.3. The number of aliphatic hydroxyl groups excluding tert-OH is 1. The highest BCUT2D eigenvalue weighted by atomic mass is 16.4. The van der Waals surface area contributed by atoms with Crippen LogP contribution in [0.1, 0.15) is 89.9 Å². The lowest BCUT2D eigenvalue weighted by molar-refractivity contribution is -0.145. The number of primary amides is 1. The van der Waals surface area contributed by atoms with Gasteiger partial charge in [-0.1, -0.05) is 0 Å². The summed E-state index contributed by atoms with van der Waals surface area (Å²) in [5.74, 6) is -9.27. The van der Waals surface area contributed by atoms with Gasteiger partial charge in [-0.25, -0.2) is 4.79 Å². The molecule has 0 unspecified atom stereocenters. The van der Waals surface area contributed by atoms with Gasteiger partial charge in [-0.15, -0.1) is 0 Å². The topological polar surface area (TPSA) is 449 Å². The molecule has 0 radical (unpaired) electrons. The summed E-state index contributed by atoms with van der Waals surface area (Å²) in [5.41, 5.74) is 27.4. The molecular weight excluding hydrogens is 897 g/mol. The zero-order valence-electron chi connectivity index (χ0n) is 38.5. The molecule has 27 heteroatoms. The van der Waals surface area contributed by atoms with Crippen LogP contribution in [0.15, 0.2) is 0 Å². The molecule has 2 aliphatic heterocycles. The number of carbonyl (C=O) groups is 11. The zero-order chi connectivity index (χ0) is 50.8. The number of likely N-dealkylation sites (tertiary alicyclic amines) is 2. The summed E-state index contributed by atoms with van der Waals surface area (Å²) in [7, 11) is 0. The highest BCUT2D eigenvalue weighted by Crippen LogP contribution is 2.22. The molecule has 0 aromatic rings. The van der Waals surface area contributed by atoms with Gasteiger partial charge in [-0.3, -0.25) is 47.9 Å². The molecule has 2 fully saturated rings. The van der Waals surface area contributed by atoms with Crippen molar-refractivity contribution in [2.45, 2.75) is 132 Å². The number of hydrogen-bond acceptors (Lipinski definition) is 16. The van der Waals surface area contributed by atoms with Crippen molar-refractivity contribution in [3.8, 4) is 0 Å². The van der Waals surface area contributed by atoms with E-state index in [4.69, 9.17) is 28.7 Å². The SMILES string of the molecule is NCCCC[C@H](NC(=O)[C@@H]1CCCN1C(=O)[C@H](CCCCN)NC(=O)[C@H](CO)NC(=O)[C@@H]1CCCN1C(=O)[C@H](CCCCN)NC(=O)[C@H](CC(N)=O)NC(=O)CNC(=O)CNC(=O)CN)C(=O)O. The van der Waals surface area contributed by atoms with Crippen molar-refractivity contribution in [3.05, 3.63) is 0 Å². The molecule has 0 aliphatic carbocycles. The number of unbranched alkanes of at least 4 members (excludes halogenated alkanes) is 3. The third-order valence-electron chi connectivity index (χ3n) is 11.3. The highest BCUT2D eigenvalue weighted by molar-refractivity contribution is 5.99. The average Bonchev–Trinajstić information content (AvgIpc) is 4.01. The molecule has 0 aromatic heterocycles. The van der Waals surface area contributed by atoms with E-state index in [0.717, 1.165) is 0 Å². The number of nitrogens with zero attached hydrogens (tertiary/aromatic N) is 2. The Hall–Kier alpha value is -6.03. The second-order valence-corrected chi connectivity index (χ2v) is 16.5. The Morgan fingerprint density at radius 3 is 1.38 bits per heavy atom. The number of amides is 10. The fourth-order valence-corrected chi connectivity index (χ4v) is 7.68.